The van der Waals surface area contributed by atoms with E-state index in [1.54, 1.807) is 0 Å². The number of benzene rings is 4. The minimum atomic E-state index is -1.37. The maximum atomic E-state index is 9.50. The highest BCUT2D eigenvalue weighted by atomic mass is 16.5. The van der Waals surface area contributed by atoms with Crippen LogP contribution in [0, 0.1) is 27.7 Å². The first-order chi connectivity index (χ1) is 39.6. The molecule has 6 rings (SSSR count). The van der Waals surface area contributed by atoms with Gasteiger partial charge in [0.25, 0.3) is 0 Å². The summed E-state index contributed by atoms with van der Waals surface area (Å²) in [6.45, 7) is 27.4. The van der Waals surface area contributed by atoms with Crippen LogP contribution in [0.3, 0.4) is 0 Å². The standard InChI is InChI=1S/2C34H51N2O.C4H6O4/c2*1-6-7-8-9-10-11-12-13-16-21-35-22-23-36(27-35)25-34(33-18-15-14-17-32(33)28(2)3)37-26-31-20-19-29(4)30(5)24-31;5-3(6)1-2-4(7)8/h2*14-15,17-20,22-24,27-28,34H,6-13,16,21,25-26H2,1-5H3;1-2H2,(H,5,6)(H,7,8)/q2*+1;/p-2. The number of aryl methyl sites for hydroxylation is 6. The molecule has 2 aromatic heterocycles. The molecule has 10 nitrogen and oxygen atoms in total. The van der Waals surface area contributed by atoms with Crippen molar-refractivity contribution in [1.29, 1.82) is 0 Å². The molecule has 0 aliphatic rings. The molecule has 10 heteroatoms. The molecular formula is C72H106N4O6. The van der Waals surface area contributed by atoms with E-state index in [-0.39, 0.29) is 12.2 Å². The smallest absolute Gasteiger partial charge is 0.243 e. The first-order valence-corrected chi connectivity index (χ1v) is 31.6. The minimum Gasteiger partial charge on any atom is -0.550 e. The van der Waals surface area contributed by atoms with Crippen molar-refractivity contribution >= 4 is 11.9 Å². The third kappa shape index (κ3) is 27.0. The van der Waals surface area contributed by atoms with E-state index in [0.717, 1.165) is 26.2 Å². The number of ether oxygens (including phenoxy) is 2. The van der Waals surface area contributed by atoms with Gasteiger partial charge in [0.1, 0.15) is 50.1 Å². The van der Waals surface area contributed by atoms with Crippen molar-refractivity contribution in [1.82, 2.24) is 9.13 Å². The Morgan fingerprint density at radius 1 is 0.451 bits per heavy atom. The first kappa shape index (κ1) is 68.7. The number of imidazole rings is 2. The third-order valence-electron chi connectivity index (χ3n) is 15.8. The summed E-state index contributed by atoms with van der Waals surface area (Å²) in [5.41, 5.74) is 13.1. The highest BCUT2D eigenvalue weighted by Crippen LogP contribution is 2.30. The number of carbonyl (C=O) groups is 2. The molecule has 6 aromatic rings. The second-order valence-corrected chi connectivity index (χ2v) is 23.6. The van der Waals surface area contributed by atoms with Crippen molar-refractivity contribution in [3.05, 3.63) is 178 Å². The molecule has 450 valence electrons. The van der Waals surface area contributed by atoms with Crippen LogP contribution in [0.15, 0.2) is 122 Å². The summed E-state index contributed by atoms with van der Waals surface area (Å²) in [6, 6.07) is 30.9. The van der Waals surface area contributed by atoms with Crippen molar-refractivity contribution in [2.45, 2.75) is 261 Å². The Morgan fingerprint density at radius 3 is 1.10 bits per heavy atom. The van der Waals surface area contributed by atoms with Gasteiger partial charge in [-0.1, -0.05) is 216 Å². The van der Waals surface area contributed by atoms with Crippen molar-refractivity contribution in [3.63, 3.8) is 0 Å². The van der Waals surface area contributed by atoms with Gasteiger partial charge in [0, 0.05) is 11.9 Å². The molecule has 0 bridgehead atoms. The lowest BCUT2D eigenvalue weighted by Gasteiger charge is -2.22. The number of nitrogens with zero attached hydrogens (tertiary/aromatic N) is 4. The van der Waals surface area contributed by atoms with E-state index in [1.165, 1.54) is 171 Å². The average molecular weight is 1120 g/mol. The van der Waals surface area contributed by atoms with Crippen LogP contribution in [0.2, 0.25) is 0 Å². The van der Waals surface area contributed by atoms with Crippen LogP contribution < -0.4 is 19.3 Å². The lowest BCUT2D eigenvalue weighted by Crippen LogP contribution is -2.36. The summed E-state index contributed by atoms with van der Waals surface area (Å²) < 4.78 is 22.6. The zero-order valence-corrected chi connectivity index (χ0v) is 52.5. The Kier molecular flexibility index (Phi) is 33.2. The summed E-state index contributed by atoms with van der Waals surface area (Å²) in [7, 11) is 0. The summed E-state index contributed by atoms with van der Waals surface area (Å²) in [5, 5.41) is 19.0. The average Bonchev–Trinajstić information content (AvgIpc) is 4.29. The largest absolute Gasteiger partial charge is 0.550 e. The Labute approximate surface area is 496 Å². The zero-order chi connectivity index (χ0) is 59.5. The van der Waals surface area contributed by atoms with Gasteiger partial charge < -0.3 is 29.3 Å². The highest BCUT2D eigenvalue weighted by Gasteiger charge is 2.23. The number of carboxylic acid groups (broad SMARTS) is 2. The third-order valence-corrected chi connectivity index (χ3v) is 15.8. The summed E-state index contributed by atoms with van der Waals surface area (Å²) in [4.78, 5) is 19.0. The van der Waals surface area contributed by atoms with Crippen LogP contribution in [0.4, 0.5) is 0 Å². The van der Waals surface area contributed by atoms with E-state index in [2.05, 4.69) is 210 Å². The number of hydrogen-bond acceptors (Lipinski definition) is 6. The van der Waals surface area contributed by atoms with Crippen LogP contribution in [0.25, 0.3) is 0 Å². The maximum absolute atomic E-state index is 9.50. The predicted molar refractivity (Wildman–Crippen MR) is 331 cm³/mol. The molecular weight excluding hydrogens is 1020 g/mol. The number of aromatic nitrogens is 4. The fraction of sp³-hybridized carbons (Fsp3) is 0.556. The van der Waals surface area contributed by atoms with Crippen molar-refractivity contribution in [2.24, 2.45) is 0 Å². The maximum Gasteiger partial charge on any atom is 0.243 e. The van der Waals surface area contributed by atoms with E-state index in [9.17, 15) is 19.8 Å². The molecule has 0 radical (unpaired) electrons. The number of carboxylic acids is 2. The fourth-order valence-corrected chi connectivity index (χ4v) is 10.5. The van der Waals surface area contributed by atoms with E-state index in [1.807, 2.05) is 0 Å². The van der Waals surface area contributed by atoms with Gasteiger partial charge in [-0.2, -0.15) is 0 Å². The number of hydrogen-bond donors (Lipinski definition) is 0. The molecule has 0 fully saturated rings. The van der Waals surface area contributed by atoms with Crippen molar-refractivity contribution in [2.75, 3.05) is 0 Å². The SMILES string of the molecule is CCCCCCCCCCCn1cc[n+](CC(OCc2ccc(C)c(C)c2)c2ccccc2C(C)C)c1.CCCCCCCCCCCn1cc[n+](CC(OCc2ccc(C)c(C)c2)c2ccccc2C(C)C)c1.O=C([O-])CCC(=O)[O-]. The molecule has 82 heavy (non-hydrogen) atoms. The Morgan fingerprint density at radius 2 is 0.780 bits per heavy atom. The number of unbranched alkanes of at least 4 members (excludes halogenated alkanes) is 16. The number of aliphatic carboxylic acids is 2. The molecule has 0 aliphatic carbocycles. The number of rotatable bonds is 37. The van der Waals surface area contributed by atoms with Crippen LogP contribution in [0.5, 0.6) is 0 Å². The van der Waals surface area contributed by atoms with Crippen LogP contribution >= 0.6 is 0 Å². The van der Waals surface area contributed by atoms with Crippen LogP contribution in [-0.4, -0.2) is 21.1 Å². The van der Waals surface area contributed by atoms with Crippen LogP contribution in [-0.2, 0) is 58.5 Å². The lowest BCUT2D eigenvalue weighted by molar-refractivity contribution is -0.705. The summed E-state index contributed by atoms with van der Waals surface area (Å²) in [6.07, 6.45) is 37.1. The molecule has 2 unspecified atom stereocenters. The van der Waals surface area contributed by atoms with Gasteiger partial charge in [-0.15, -0.1) is 0 Å². The van der Waals surface area contributed by atoms with Gasteiger partial charge in [-0.3, -0.25) is 0 Å². The molecule has 0 N–H and O–H groups in total. The first-order valence-electron chi connectivity index (χ1n) is 31.6. The Balaban J connectivity index is 0.000000311. The second-order valence-electron chi connectivity index (χ2n) is 23.6. The van der Waals surface area contributed by atoms with Gasteiger partial charge in [0.05, 0.1) is 26.3 Å². The molecule has 2 atom stereocenters. The van der Waals surface area contributed by atoms with Gasteiger partial charge >= 0.3 is 0 Å². The van der Waals surface area contributed by atoms with Gasteiger partial charge in [0.15, 0.2) is 0 Å². The fourth-order valence-electron chi connectivity index (χ4n) is 10.5. The quantitative estimate of drug-likeness (QED) is 0.0283. The van der Waals surface area contributed by atoms with Gasteiger partial charge in [-0.25, -0.2) is 18.3 Å². The minimum absolute atomic E-state index is 0.00812. The molecule has 2 heterocycles. The van der Waals surface area contributed by atoms with Gasteiger partial charge in [0.2, 0.25) is 12.7 Å². The molecule has 0 aliphatic heterocycles. The molecule has 0 saturated carbocycles. The van der Waals surface area contributed by atoms with Crippen LogP contribution in [0.1, 0.15) is 250 Å². The normalized spacial score (nSPS) is 12.0. The summed E-state index contributed by atoms with van der Waals surface area (Å²) in [5.74, 6) is -1.81. The molecule has 0 saturated heterocycles. The van der Waals surface area contributed by atoms with Crippen molar-refractivity contribution < 1.29 is 38.4 Å². The second kappa shape index (κ2) is 39.6. The van der Waals surface area contributed by atoms with Gasteiger partial charge in [-0.05, 0) is 134 Å². The molecule has 0 amide bonds. The number of carbonyl (C=O) groups excluding carboxylic acids is 2. The highest BCUT2D eigenvalue weighted by molar-refractivity contribution is 5.72. The molecule has 0 spiro atoms. The summed E-state index contributed by atoms with van der Waals surface area (Å²) >= 11 is 0. The Hall–Kier alpha value is -5.84. The van der Waals surface area contributed by atoms with E-state index >= 15 is 0 Å². The van der Waals surface area contributed by atoms with Crippen molar-refractivity contribution in [3.8, 4) is 0 Å². The lowest BCUT2D eigenvalue weighted by atomic mass is 9.94. The van der Waals surface area contributed by atoms with E-state index in [0.29, 0.717) is 25.0 Å². The monoisotopic (exact) mass is 1120 g/mol. The Bertz CT molecular complexity index is 2520. The zero-order valence-electron chi connectivity index (χ0n) is 52.5. The molecule has 4 aromatic carbocycles. The predicted octanol–water partition coefficient (Wildman–Crippen LogP) is 15.3. The topological polar surface area (TPSA) is 116 Å². The van der Waals surface area contributed by atoms with E-state index < -0.39 is 24.8 Å². The van der Waals surface area contributed by atoms with E-state index in [4.69, 9.17) is 9.47 Å².